The Hall–Kier alpha value is -1.90. The highest BCUT2D eigenvalue weighted by Crippen LogP contribution is 2.19. The van der Waals surface area contributed by atoms with Gasteiger partial charge in [0, 0.05) is 12.4 Å². The molecule has 0 atom stereocenters. The van der Waals surface area contributed by atoms with Crippen LogP contribution in [-0.2, 0) is 0 Å². The van der Waals surface area contributed by atoms with E-state index in [2.05, 4.69) is 20.1 Å². The Kier molecular flexibility index (Phi) is 3.84. The summed E-state index contributed by atoms with van der Waals surface area (Å²) in [5.74, 6) is 0.0620. The third-order valence-corrected chi connectivity index (χ3v) is 2.07. The highest BCUT2D eigenvalue weighted by molar-refractivity contribution is 6.28. The summed E-state index contributed by atoms with van der Waals surface area (Å²) in [5.41, 5.74) is 0. The summed E-state index contributed by atoms with van der Waals surface area (Å²) in [4.78, 5) is 11.2. The summed E-state index contributed by atoms with van der Waals surface area (Å²) in [6.07, 6.45) is -2.37. The van der Waals surface area contributed by atoms with Gasteiger partial charge in [-0.05, 0) is 17.7 Å². The van der Waals surface area contributed by atoms with Crippen LogP contribution in [0.4, 0.5) is 13.2 Å². The summed E-state index contributed by atoms with van der Waals surface area (Å²) in [6.45, 7) is -0.595. The van der Waals surface area contributed by atoms with Crippen molar-refractivity contribution in [3.8, 4) is 12.0 Å². The molecule has 2 aromatic rings. The molecule has 0 bridgehead atoms. The molecule has 2 aromatic heterocycles. The van der Waals surface area contributed by atoms with Gasteiger partial charge in [-0.1, -0.05) is 0 Å². The molecule has 0 N–H and O–H groups in total. The van der Waals surface area contributed by atoms with Gasteiger partial charge in [0.05, 0.1) is 6.42 Å². The first-order chi connectivity index (χ1) is 8.94. The van der Waals surface area contributed by atoms with Gasteiger partial charge in [0.25, 0.3) is 5.95 Å². The molecule has 19 heavy (non-hydrogen) atoms. The second kappa shape index (κ2) is 5.39. The lowest BCUT2D eigenvalue weighted by molar-refractivity contribution is -0.139. The molecule has 0 aliphatic carbocycles. The van der Waals surface area contributed by atoms with Crippen LogP contribution < -0.4 is 4.74 Å². The molecule has 10 heteroatoms. The van der Waals surface area contributed by atoms with Crippen LogP contribution in [-0.4, -0.2) is 37.5 Å². The SMILES string of the molecule is FC(F)(F)CCOc1nc(Cl)nc(-n2cccn2)n1. The van der Waals surface area contributed by atoms with Gasteiger partial charge in [-0.3, -0.25) is 0 Å². The highest BCUT2D eigenvalue weighted by Gasteiger charge is 2.27. The van der Waals surface area contributed by atoms with Crippen molar-refractivity contribution in [2.45, 2.75) is 12.6 Å². The Morgan fingerprint density at radius 1 is 1.26 bits per heavy atom. The van der Waals surface area contributed by atoms with E-state index in [1.165, 1.54) is 10.9 Å². The van der Waals surface area contributed by atoms with Crippen molar-refractivity contribution >= 4 is 11.6 Å². The van der Waals surface area contributed by atoms with E-state index in [1.54, 1.807) is 12.3 Å². The normalized spacial score (nSPS) is 11.6. The van der Waals surface area contributed by atoms with Crippen LogP contribution >= 0.6 is 11.6 Å². The van der Waals surface area contributed by atoms with Crippen LogP contribution in [0.3, 0.4) is 0 Å². The minimum absolute atomic E-state index is 0.0620. The number of hydrogen-bond donors (Lipinski definition) is 0. The zero-order valence-electron chi connectivity index (χ0n) is 9.30. The molecule has 102 valence electrons. The molecule has 0 aliphatic rings. The van der Waals surface area contributed by atoms with Gasteiger partial charge in [-0.2, -0.15) is 33.2 Å². The summed E-state index contributed by atoms with van der Waals surface area (Å²) in [5, 5.41) is 3.67. The quantitative estimate of drug-likeness (QED) is 0.863. The third kappa shape index (κ3) is 4.05. The summed E-state index contributed by atoms with van der Waals surface area (Å²) < 4.78 is 42.0. The monoisotopic (exact) mass is 293 g/mol. The number of alkyl halides is 3. The summed E-state index contributed by atoms with van der Waals surface area (Å²) >= 11 is 5.63. The van der Waals surface area contributed by atoms with Gasteiger partial charge in [-0.25, -0.2) is 4.68 Å². The Morgan fingerprint density at radius 3 is 2.68 bits per heavy atom. The van der Waals surface area contributed by atoms with Crippen LogP contribution in [0.1, 0.15) is 6.42 Å². The topological polar surface area (TPSA) is 65.7 Å². The highest BCUT2D eigenvalue weighted by atomic mass is 35.5. The maximum absolute atomic E-state index is 12.0. The minimum atomic E-state index is -4.30. The Balaban J connectivity index is 2.09. The number of ether oxygens (including phenoxy) is 1. The predicted molar refractivity (Wildman–Crippen MR) is 58.1 cm³/mol. The number of rotatable bonds is 4. The Bertz CT molecular complexity index is 545. The first kappa shape index (κ1) is 13.5. The Morgan fingerprint density at radius 2 is 2.05 bits per heavy atom. The molecule has 6 nitrogen and oxygen atoms in total. The van der Waals surface area contributed by atoms with Crippen molar-refractivity contribution in [1.29, 1.82) is 0 Å². The largest absolute Gasteiger partial charge is 0.463 e. The van der Waals surface area contributed by atoms with E-state index >= 15 is 0 Å². The average Bonchev–Trinajstić information content (AvgIpc) is 2.79. The van der Waals surface area contributed by atoms with Crippen LogP contribution in [0.15, 0.2) is 18.5 Å². The van der Waals surface area contributed by atoms with Crippen LogP contribution in [0, 0.1) is 0 Å². The van der Waals surface area contributed by atoms with E-state index in [4.69, 9.17) is 16.3 Å². The molecule has 0 fully saturated rings. The van der Waals surface area contributed by atoms with Crippen molar-refractivity contribution in [1.82, 2.24) is 24.7 Å². The van der Waals surface area contributed by atoms with Gasteiger partial charge in [-0.15, -0.1) is 0 Å². The maximum atomic E-state index is 12.0. The standard InChI is InChI=1S/C9H7ClF3N5O/c10-6-15-7(18-4-1-3-14-18)17-8(16-6)19-5-2-9(11,12)13/h1,3-4H,2,5H2. The van der Waals surface area contributed by atoms with E-state index in [0.29, 0.717) is 0 Å². The lowest BCUT2D eigenvalue weighted by Gasteiger charge is -2.08. The van der Waals surface area contributed by atoms with Crippen molar-refractivity contribution in [2.75, 3.05) is 6.61 Å². The smallest absolute Gasteiger partial charge is 0.392 e. The molecule has 0 aliphatic heterocycles. The van der Waals surface area contributed by atoms with Crippen molar-refractivity contribution in [3.05, 3.63) is 23.7 Å². The van der Waals surface area contributed by atoms with E-state index < -0.39 is 19.2 Å². The maximum Gasteiger partial charge on any atom is 0.392 e. The van der Waals surface area contributed by atoms with Crippen LogP contribution in [0.5, 0.6) is 6.01 Å². The third-order valence-electron chi connectivity index (χ3n) is 1.90. The first-order valence-electron chi connectivity index (χ1n) is 5.05. The van der Waals surface area contributed by atoms with Gasteiger partial charge < -0.3 is 4.74 Å². The van der Waals surface area contributed by atoms with Crippen molar-refractivity contribution in [2.24, 2.45) is 0 Å². The zero-order chi connectivity index (χ0) is 13.9. The fourth-order valence-corrected chi connectivity index (χ4v) is 1.28. The predicted octanol–water partition coefficient (Wildman–Crippen LogP) is 2.04. The lowest BCUT2D eigenvalue weighted by atomic mass is 10.4. The number of hydrogen-bond acceptors (Lipinski definition) is 5. The van der Waals surface area contributed by atoms with Crippen molar-refractivity contribution < 1.29 is 17.9 Å². The zero-order valence-corrected chi connectivity index (χ0v) is 10.1. The molecule has 0 amide bonds. The number of halogens is 4. The lowest BCUT2D eigenvalue weighted by Crippen LogP contribution is -2.14. The van der Waals surface area contributed by atoms with Gasteiger partial charge in [0.2, 0.25) is 5.28 Å². The molecular formula is C9H7ClF3N5O. The summed E-state index contributed by atoms with van der Waals surface area (Å²) in [6, 6.07) is 1.34. The van der Waals surface area contributed by atoms with Crippen LogP contribution in [0.25, 0.3) is 5.95 Å². The molecule has 2 rings (SSSR count). The second-order valence-electron chi connectivity index (χ2n) is 3.35. The van der Waals surface area contributed by atoms with E-state index in [0.717, 1.165) is 0 Å². The van der Waals surface area contributed by atoms with Gasteiger partial charge in [0.1, 0.15) is 6.61 Å². The van der Waals surface area contributed by atoms with Gasteiger partial charge >= 0.3 is 12.2 Å². The molecule has 0 aromatic carbocycles. The number of aromatic nitrogens is 5. The second-order valence-corrected chi connectivity index (χ2v) is 3.69. The van der Waals surface area contributed by atoms with Crippen molar-refractivity contribution in [3.63, 3.8) is 0 Å². The summed E-state index contributed by atoms with van der Waals surface area (Å²) in [7, 11) is 0. The van der Waals surface area contributed by atoms with E-state index in [1.807, 2.05) is 0 Å². The molecule has 0 spiro atoms. The molecule has 2 heterocycles. The average molecular weight is 294 g/mol. The van der Waals surface area contributed by atoms with E-state index in [9.17, 15) is 13.2 Å². The fraction of sp³-hybridized carbons (Fsp3) is 0.333. The molecule has 0 unspecified atom stereocenters. The van der Waals surface area contributed by atoms with Crippen LogP contribution in [0.2, 0.25) is 5.28 Å². The molecule has 0 saturated heterocycles. The minimum Gasteiger partial charge on any atom is -0.463 e. The first-order valence-corrected chi connectivity index (χ1v) is 5.43. The molecular weight excluding hydrogens is 287 g/mol. The molecule has 0 radical (unpaired) electrons. The van der Waals surface area contributed by atoms with E-state index in [-0.39, 0.29) is 17.2 Å². The number of nitrogens with zero attached hydrogens (tertiary/aromatic N) is 5. The van der Waals surface area contributed by atoms with Gasteiger partial charge in [0.15, 0.2) is 0 Å². The Labute approximate surface area is 110 Å². The fourth-order valence-electron chi connectivity index (χ4n) is 1.13. The molecule has 0 saturated carbocycles.